The van der Waals surface area contributed by atoms with E-state index in [9.17, 15) is 9.90 Å². The quantitative estimate of drug-likeness (QED) is 0.0796. The van der Waals surface area contributed by atoms with E-state index in [1.807, 2.05) is 53.8 Å². The summed E-state index contributed by atoms with van der Waals surface area (Å²) >= 11 is 0. The first-order valence-electron chi connectivity index (χ1n) is 19.8. The van der Waals surface area contributed by atoms with Crippen molar-refractivity contribution in [3.63, 3.8) is 0 Å². The number of furan rings is 2. The van der Waals surface area contributed by atoms with Gasteiger partial charge in [-0.1, -0.05) is 117 Å². The molecule has 3 aromatic heterocycles. The second-order valence-corrected chi connectivity index (χ2v) is 17.0. The number of aliphatic hydroxyl groups is 1. The predicted octanol–water partition coefficient (Wildman–Crippen LogP) is 14.3. The fraction of sp³-hybridized carbons (Fsp3) is 0.429. The van der Waals surface area contributed by atoms with Crippen molar-refractivity contribution in [2.24, 2.45) is 16.7 Å². The maximum Gasteiger partial charge on any atom is 0.173 e. The van der Waals surface area contributed by atoms with Crippen LogP contribution in [0.25, 0.3) is 55.5 Å². The number of ketones is 1. The molecule has 6 rings (SSSR count). The third kappa shape index (κ3) is 9.19. The Morgan fingerprint density at radius 3 is 2.13 bits per heavy atom. The molecule has 0 saturated carbocycles. The van der Waals surface area contributed by atoms with Gasteiger partial charge in [-0.25, -0.2) is 0 Å². The van der Waals surface area contributed by atoms with E-state index < -0.39 is 0 Å². The van der Waals surface area contributed by atoms with Crippen LogP contribution >= 0.6 is 0 Å². The van der Waals surface area contributed by atoms with Crippen molar-refractivity contribution >= 4 is 38.5 Å². The van der Waals surface area contributed by atoms with Crippen LogP contribution in [0.2, 0.25) is 0 Å². The SMILES string of the molecule is CCC(C)(CC)C(=O)/C=C(\O)C(C)(CC)CC.Cc1c(-c2cc3ccc(CC(C)C)cc3o2)oc2ccnc(-c3[c-]c4ccccc4c(C(C)(C)C)c3)c12.[Ir]. The van der Waals surface area contributed by atoms with Gasteiger partial charge in [0.2, 0.25) is 0 Å². The van der Waals surface area contributed by atoms with Gasteiger partial charge in [0.25, 0.3) is 0 Å². The van der Waals surface area contributed by atoms with Crippen molar-refractivity contribution in [2.75, 3.05) is 0 Å². The van der Waals surface area contributed by atoms with Crippen LogP contribution in [-0.4, -0.2) is 15.9 Å². The summed E-state index contributed by atoms with van der Waals surface area (Å²) in [7, 11) is 0. The molecule has 0 spiro atoms. The van der Waals surface area contributed by atoms with Crippen molar-refractivity contribution in [1.82, 2.24) is 4.98 Å². The summed E-state index contributed by atoms with van der Waals surface area (Å²) in [5, 5.41) is 14.5. The number of carbonyl (C=O) groups is 1. The first-order chi connectivity index (χ1) is 25.5. The molecular weight excluding hydrogens is 859 g/mol. The van der Waals surface area contributed by atoms with E-state index in [0.717, 1.165) is 87.8 Å². The van der Waals surface area contributed by atoms with Crippen molar-refractivity contribution in [2.45, 2.75) is 121 Å². The summed E-state index contributed by atoms with van der Waals surface area (Å²) in [6.45, 7) is 25.4. The molecular formula is C49H60IrNO4-. The molecule has 3 heterocycles. The van der Waals surface area contributed by atoms with Gasteiger partial charge in [0.15, 0.2) is 17.3 Å². The Hall–Kier alpha value is -3.99. The molecule has 3 aromatic carbocycles. The van der Waals surface area contributed by atoms with E-state index >= 15 is 0 Å². The first kappa shape index (κ1) is 43.7. The minimum atomic E-state index is -0.337. The monoisotopic (exact) mass is 919 g/mol. The van der Waals surface area contributed by atoms with Gasteiger partial charge in [-0.3, -0.25) is 9.78 Å². The Kier molecular flexibility index (Phi) is 13.9. The topological polar surface area (TPSA) is 76.5 Å². The van der Waals surface area contributed by atoms with Crippen molar-refractivity contribution in [3.8, 4) is 22.8 Å². The Bertz CT molecular complexity index is 2290. The van der Waals surface area contributed by atoms with E-state index in [2.05, 4.69) is 102 Å². The molecule has 295 valence electrons. The smallest absolute Gasteiger partial charge is 0.173 e. The summed E-state index contributed by atoms with van der Waals surface area (Å²) in [6, 6.07) is 24.9. The number of aromatic nitrogens is 1. The van der Waals surface area contributed by atoms with Crippen molar-refractivity contribution < 1.29 is 38.8 Å². The van der Waals surface area contributed by atoms with Gasteiger partial charge >= 0.3 is 0 Å². The molecule has 0 amide bonds. The van der Waals surface area contributed by atoms with Crippen LogP contribution in [0.3, 0.4) is 0 Å². The number of allylic oxidation sites excluding steroid dienone is 2. The number of nitrogens with zero attached hydrogens (tertiary/aromatic N) is 1. The molecule has 0 atom stereocenters. The van der Waals surface area contributed by atoms with Gasteiger partial charge in [0.05, 0.1) is 0 Å². The van der Waals surface area contributed by atoms with Crippen LogP contribution < -0.4 is 0 Å². The summed E-state index contributed by atoms with van der Waals surface area (Å²) in [5.41, 5.74) is 6.54. The number of carbonyl (C=O) groups excluding carboxylic acids is 1. The third-order valence-electron chi connectivity index (χ3n) is 11.7. The first-order valence-corrected chi connectivity index (χ1v) is 19.8. The second kappa shape index (κ2) is 17.4. The van der Waals surface area contributed by atoms with Crippen LogP contribution in [0.4, 0.5) is 0 Å². The third-order valence-corrected chi connectivity index (χ3v) is 11.7. The molecule has 0 aliphatic rings. The Morgan fingerprint density at radius 2 is 1.51 bits per heavy atom. The number of hydrogen-bond donors (Lipinski definition) is 1. The minimum Gasteiger partial charge on any atom is -0.512 e. The standard InChI is InChI=1S/C34H32NO2.C15H28O2.Ir/c1-20(2)15-22-11-12-24-19-30(36-29(24)16-22)33-21(3)31-28(37-33)13-14-35-32(31)25-17-23-9-7-8-10-26(23)27(18-25)34(4,5)6;1-7-14(5,8-2)12(16)11-13(17)15(6,9-3)10-4;/h7-14,16,18-20H,15H2,1-6H3;11,16H,7-10H2,1-6H3;/q-1;;/b;12-11-;. The summed E-state index contributed by atoms with van der Waals surface area (Å²) < 4.78 is 12.7. The maximum atomic E-state index is 12.2. The molecule has 5 nitrogen and oxygen atoms in total. The van der Waals surface area contributed by atoms with Crippen LogP contribution in [0.15, 0.2) is 87.5 Å². The molecule has 6 aromatic rings. The number of rotatable bonds is 11. The molecule has 0 fully saturated rings. The van der Waals surface area contributed by atoms with Crippen LogP contribution in [-0.2, 0) is 36.7 Å². The van der Waals surface area contributed by atoms with Gasteiger partial charge in [-0.05, 0) is 74.1 Å². The number of aliphatic hydroxyl groups excluding tert-OH is 1. The summed E-state index contributed by atoms with van der Waals surface area (Å²) in [5.74, 6) is 2.38. The molecule has 0 unspecified atom stereocenters. The Labute approximate surface area is 342 Å². The average molecular weight is 919 g/mol. The zero-order chi connectivity index (χ0) is 39.6. The second-order valence-electron chi connectivity index (χ2n) is 17.0. The van der Waals surface area contributed by atoms with E-state index in [1.165, 1.54) is 22.6 Å². The van der Waals surface area contributed by atoms with Crippen LogP contribution in [0.1, 0.15) is 119 Å². The van der Waals surface area contributed by atoms with E-state index in [-0.39, 0.29) is 47.9 Å². The van der Waals surface area contributed by atoms with E-state index in [1.54, 1.807) is 0 Å². The predicted molar refractivity (Wildman–Crippen MR) is 226 cm³/mol. The molecule has 0 bridgehead atoms. The zero-order valence-electron chi connectivity index (χ0n) is 35.0. The number of pyridine rings is 1. The summed E-state index contributed by atoms with van der Waals surface area (Å²) in [4.78, 5) is 17.0. The Balaban J connectivity index is 0.000000320. The number of benzene rings is 3. The fourth-order valence-corrected chi connectivity index (χ4v) is 7.08. The molecule has 1 radical (unpaired) electrons. The van der Waals surface area contributed by atoms with E-state index in [4.69, 9.17) is 13.8 Å². The van der Waals surface area contributed by atoms with Crippen molar-refractivity contribution in [3.05, 3.63) is 101 Å². The Morgan fingerprint density at radius 1 is 0.855 bits per heavy atom. The fourth-order valence-electron chi connectivity index (χ4n) is 7.08. The number of fused-ring (bicyclic) bond motifs is 3. The van der Waals surface area contributed by atoms with Crippen LogP contribution in [0, 0.1) is 29.7 Å². The van der Waals surface area contributed by atoms with Gasteiger partial charge in [-0.2, -0.15) is 0 Å². The molecule has 55 heavy (non-hydrogen) atoms. The summed E-state index contributed by atoms with van der Waals surface area (Å²) in [6.07, 6.45) is 7.61. The minimum absolute atomic E-state index is 0. The normalized spacial score (nSPS) is 12.6. The number of hydrogen-bond acceptors (Lipinski definition) is 5. The maximum absolute atomic E-state index is 12.2. The average Bonchev–Trinajstić information content (AvgIpc) is 3.73. The number of aryl methyl sites for hydroxylation is 1. The molecule has 1 N–H and O–H groups in total. The van der Waals surface area contributed by atoms with Gasteiger partial charge in [0, 0.05) is 65.2 Å². The molecule has 0 aliphatic heterocycles. The molecule has 0 saturated heterocycles. The zero-order valence-corrected chi connectivity index (χ0v) is 37.4. The van der Waals surface area contributed by atoms with Gasteiger partial charge in [0.1, 0.15) is 16.9 Å². The molecule has 0 aliphatic carbocycles. The van der Waals surface area contributed by atoms with Gasteiger partial charge in [-0.15, -0.1) is 29.1 Å². The van der Waals surface area contributed by atoms with Gasteiger partial charge < -0.3 is 13.9 Å². The van der Waals surface area contributed by atoms with Crippen molar-refractivity contribution in [1.29, 1.82) is 0 Å². The largest absolute Gasteiger partial charge is 0.512 e. The van der Waals surface area contributed by atoms with Crippen LogP contribution in [0.5, 0.6) is 0 Å². The molecule has 6 heteroatoms. The van der Waals surface area contributed by atoms with E-state index in [0.29, 0.717) is 5.92 Å².